The smallest absolute Gasteiger partial charge is 0.216 e. The molecule has 0 saturated heterocycles. The van der Waals surface area contributed by atoms with E-state index in [1.54, 1.807) is 24.3 Å². The van der Waals surface area contributed by atoms with Crippen molar-refractivity contribution >= 4 is 10.0 Å². The summed E-state index contributed by atoms with van der Waals surface area (Å²) in [4.78, 5) is 0. The molecule has 2 N–H and O–H groups in total. The summed E-state index contributed by atoms with van der Waals surface area (Å²) in [5, 5.41) is 9.10. The molecule has 0 heterocycles. The van der Waals surface area contributed by atoms with Gasteiger partial charge < -0.3 is 9.84 Å². The highest BCUT2D eigenvalue weighted by Gasteiger charge is 2.17. The second kappa shape index (κ2) is 7.48. The van der Waals surface area contributed by atoms with E-state index in [1.807, 2.05) is 6.07 Å². The minimum absolute atomic E-state index is 0.0860. The van der Waals surface area contributed by atoms with Gasteiger partial charge in [0.25, 0.3) is 0 Å². The van der Waals surface area contributed by atoms with Gasteiger partial charge in [-0.15, -0.1) is 0 Å². The second-order valence-electron chi connectivity index (χ2n) is 4.02. The van der Waals surface area contributed by atoms with Gasteiger partial charge in [-0.05, 0) is 12.0 Å². The third-order valence-electron chi connectivity index (χ3n) is 2.44. The Balaban J connectivity index is 2.58. The number of nitrogens with one attached hydrogen (secondary N) is 1. The molecule has 1 aromatic rings. The van der Waals surface area contributed by atoms with Crippen LogP contribution in [0.1, 0.15) is 12.0 Å². The van der Waals surface area contributed by atoms with E-state index in [0.29, 0.717) is 18.6 Å². The lowest BCUT2D eigenvalue weighted by Crippen LogP contribution is -2.38. The molecule has 0 aliphatic heterocycles. The van der Waals surface area contributed by atoms with Crippen LogP contribution in [0, 0.1) is 0 Å². The van der Waals surface area contributed by atoms with Gasteiger partial charge in [-0.2, -0.15) is 0 Å². The second-order valence-corrected chi connectivity index (χ2v) is 5.78. The topological polar surface area (TPSA) is 75.6 Å². The normalized spacial score (nSPS) is 13.4. The Bertz CT molecular complexity index is 433. The standard InChI is InChI=1S/C12H19NO4S/c1-17-8-7-12(9-14)13-18(15,16)10-11-5-3-2-4-6-11/h2-6,12-14H,7-10H2,1H3. The average molecular weight is 273 g/mol. The molecule has 0 saturated carbocycles. The van der Waals surface area contributed by atoms with Gasteiger partial charge in [0, 0.05) is 19.8 Å². The number of hydrogen-bond donors (Lipinski definition) is 2. The lowest BCUT2D eigenvalue weighted by Gasteiger charge is -2.15. The minimum atomic E-state index is -3.44. The van der Waals surface area contributed by atoms with Crippen LogP contribution in [0.2, 0.25) is 0 Å². The summed E-state index contributed by atoms with van der Waals surface area (Å²) in [5.74, 6) is -0.0860. The van der Waals surface area contributed by atoms with Crippen LogP contribution in [0.5, 0.6) is 0 Å². The molecule has 18 heavy (non-hydrogen) atoms. The maximum Gasteiger partial charge on any atom is 0.216 e. The Morgan fingerprint density at radius 3 is 2.56 bits per heavy atom. The van der Waals surface area contributed by atoms with E-state index in [0.717, 1.165) is 0 Å². The Kier molecular flexibility index (Phi) is 6.28. The number of hydrogen-bond acceptors (Lipinski definition) is 4. The third kappa shape index (κ3) is 5.59. The first-order valence-electron chi connectivity index (χ1n) is 5.71. The zero-order valence-electron chi connectivity index (χ0n) is 10.4. The average Bonchev–Trinajstić information content (AvgIpc) is 2.35. The fourth-order valence-corrected chi connectivity index (χ4v) is 2.95. The first-order valence-corrected chi connectivity index (χ1v) is 7.36. The quantitative estimate of drug-likeness (QED) is 0.723. The SMILES string of the molecule is COCCC(CO)NS(=O)(=O)Cc1ccccc1. The molecule has 1 atom stereocenters. The molecule has 0 spiro atoms. The van der Waals surface area contributed by atoms with Gasteiger partial charge in [0.15, 0.2) is 0 Å². The number of sulfonamides is 1. The van der Waals surface area contributed by atoms with Crippen molar-refractivity contribution in [3.63, 3.8) is 0 Å². The van der Waals surface area contributed by atoms with E-state index in [4.69, 9.17) is 9.84 Å². The Morgan fingerprint density at radius 1 is 1.33 bits per heavy atom. The lowest BCUT2D eigenvalue weighted by atomic mass is 10.2. The Labute approximate surface area is 108 Å². The molecule has 1 rings (SSSR count). The van der Waals surface area contributed by atoms with Crippen LogP contribution in [0.3, 0.4) is 0 Å². The van der Waals surface area contributed by atoms with Crippen molar-refractivity contribution < 1.29 is 18.3 Å². The minimum Gasteiger partial charge on any atom is -0.395 e. The van der Waals surface area contributed by atoms with E-state index >= 15 is 0 Å². The van der Waals surface area contributed by atoms with Crippen LogP contribution in [-0.2, 0) is 20.5 Å². The fourth-order valence-electron chi connectivity index (χ4n) is 1.54. The van der Waals surface area contributed by atoms with Gasteiger partial charge in [0.1, 0.15) is 0 Å². The molecular formula is C12H19NO4S. The van der Waals surface area contributed by atoms with Crippen molar-refractivity contribution in [1.82, 2.24) is 4.72 Å². The van der Waals surface area contributed by atoms with Crippen LogP contribution in [-0.4, -0.2) is 39.9 Å². The van der Waals surface area contributed by atoms with Gasteiger partial charge >= 0.3 is 0 Å². The Morgan fingerprint density at radius 2 is 2.00 bits per heavy atom. The van der Waals surface area contributed by atoms with Crippen molar-refractivity contribution in [2.75, 3.05) is 20.3 Å². The number of aliphatic hydroxyl groups excluding tert-OH is 1. The first kappa shape index (κ1) is 15.1. The molecule has 0 radical (unpaired) electrons. The van der Waals surface area contributed by atoms with Crippen molar-refractivity contribution in [1.29, 1.82) is 0 Å². The number of ether oxygens (including phenoxy) is 1. The summed E-state index contributed by atoms with van der Waals surface area (Å²) in [6, 6.07) is 8.42. The van der Waals surface area contributed by atoms with E-state index < -0.39 is 16.1 Å². The van der Waals surface area contributed by atoms with E-state index in [9.17, 15) is 8.42 Å². The van der Waals surface area contributed by atoms with Crippen LogP contribution in [0.4, 0.5) is 0 Å². The Hall–Kier alpha value is -0.950. The zero-order valence-corrected chi connectivity index (χ0v) is 11.2. The van der Waals surface area contributed by atoms with E-state index in [-0.39, 0.29) is 12.4 Å². The molecule has 0 aliphatic carbocycles. The maximum atomic E-state index is 11.9. The van der Waals surface area contributed by atoms with Crippen molar-refractivity contribution in [3.8, 4) is 0 Å². The van der Waals surface area contributed by atoms with Gasteiger partial charge in [-0.3, -0.25) is 0 Å². The molecule has 5 nitrogen and oxygen atoms in total. The fraction of sp³-hybridized carbons (Fsp3) is 0.500. The van der Waals surface area contributed by atoms with Crippen LogP contribution < -0.4 is 4.72 Å². The molecule has 1 unspecified atom stereocenters. The number of methoxy groups -OCH3 is 1. The molecule has 6 heteroatoms. The summed E-state index contributed by atoms with van der Waals surface area (Å²) < 4.78 is 31.1. The zero-order chi connectivity index (χ0) is 13.4. The number of aliphatic hydroxyl groups is 1. The molecule has 0 aromatic heterocycles. The largest absolute Gasteiger partial charge is 0.395 e. The van der Waals surface area contributed by atoms with Gasteiger partial charge in [-0.25, -0.2) is 13.1 Å². The first-order chi connectivity index (χ1) is 8.57. The highest BCUT2D eigenvalue weighted by atomic mass is 32.2. The maximum absolute atomic E-state index is 11.9. The predicted molar refractivity (Wildman–Crippen MR) is 69.6 cm³/mol. The highest BCUT2D eigenvalue weighted by Crippen LogP contribution is 2.05. The van der Waals surface area contributed by atoms with E-state index in [1.165, 1.54) is 7.11 Å². The van der Waals surface area contributed by atoms with Gasteiger partial charge in [0.2, 0.25) is 10.0 Å². The molecule has 0 amide bonds. The molecule has 0 aliphatic rings. The summed E-state index contributed by atoms with van der Waals surface area (Å²) in [6.45, 7) is 0.163. The summed E-state index contributed by atoms with van der Waals surface area (Å²) >= 11 is 0. The van der Waals surface area contributed by atoms with Crippen molar-refractivity contribution in [2.45, 2.75) is 18.2 Å². The molecule has 1 aromatic carbocycles. The summed E-state index contributed by atoms with van der Waals surface area (Å²) in [6.07, 6.45) is 0.445. The van der Waals surface area contributed by atoms with E-state index in [2.05, 4.69) is 4.72 Å². The molecule has 0 bridgehead atoms. The monoisotopic (exact) mass is 273 g/mol. The highest BCUT2D eigenvalue weighted by molar-refractivity contribution is 7.88. The van der Waals surface area contributed by atoms with Crippen LogP contribution >= 0.6 is 0 Å². The molecule has 102 valence electrons. The van der Waals surface area contributed by atoms with Crippen molar-refractivity contribution in [3.05, 3.63) is 35.9 Å². The summed E-state index contributed by atoms with van der Waals surface area (Å²) in [5.41, 5.74) is 0.716. The third-order valence-corrected chi connectivity index (χ3v) is 3.84. The molecular weight excluding hydrogens is 254 g/mol. The molecule has 0 fully saturated rings. The van der Waals surface area contributed by atoms with Crippen LogP contribution in [0.25, 0.3) is 0 Å². The lowest BCUT2D eigenvalue weighted by molar-refractivity contribution is 0.166. The predicted octanol–water partition coefficient (Wildman–Crippen LogP) is 0.503. The van der Waals surface area contributed by atoms with Gasteiger partial charge in [0.05, 0.1) is 12.4 Å². The van der Waals surface area contributed by atoms with Gasteiger partial charge in [-0.1, -0.05) is 30.3 Å². The van der Waals surface area contributed by atoms with Crippen LogP contribution in [0.15, 0.2) is 30.3 Å². The summed E-state index contributed by atoms with van der Waals surface area (Å²) in [7, 11) is -1.91. The number of benzene rings is 1. The van der Waals surface area contributed by atoms with Crippen molar-refractivity contribution in [2.24, 2.45) is 0 Å². The number of rotatable bonds is 8.